The highest BCUT2D eigenvalue weighted by molar-refractivity contribution is 5.85. The molecule has 0 spiro atoms. The first-order valence-corrected chi connectivity index (χ1v) is 6.90. The molecule has 9 heteroatoms. The van der Waals surface area contributed by atoms with Crippen LogP contribution in [0.4, 0.5) is 0 Å². The van der Waals surface area contributed by atoms with Gasteiger partial charge in [0.1, 0.15) is 24.1 Å². The van der Waals surface area contributed by atoms with E-state index in [9.17, 15) is 24.9 Å². The number of aliphatic carboxylic acids is 2. The minimum Gasteiger partial charge on any atom is -0.479 e. The van der Waals surface area contributed by atoms with E-state index < -0.39 is 42.6 Å². The zero-order valence-corrected chi connectivity index (χ0v) is 12.2. The zero-order valence-electron chi connectivity index (χ0n) is 12.2. The monoisotopic (exact) mass is 340 g/mol. The summed E-state index contributed by atoms with van der Waals surface area (Å²) in [5, 5.41) is 46.9. The molecule has 0 aromatic heterocycles. The van der Waals surface area contributed by atoms with Crippen LogP contribution in [-0.4, -0.2) is 68.2 Å². The molecule has 1 heterocycles. The van der Waals surface area contributed by atoms with Crippen LogP contribution in [0.25, 0.3) is 6.08 Å². The fraction of sp³-hybridized carbons (Fsp3) is 0.333. The highest BCUT2D eigenvalue weighted by Gasteiger charge is 2.48. The molecule has 1 saturated heterocycles. The molecule has 0 radical (unpaired) electrons. The number of hydrogen-bond donors (Lipinski definition) is 5. The van der Waals surface area contributed by atoms with Gasteiger partial charge in [0.05, 0.1) is 0 Å². The fourth-order valence-electron chi connectivity index (χ4n) is 2.16. The summed E-state index contributed by atoms with van der Waals surface area (Å²) in [6.45, 7) is 0. The standard InChI is InChI=1S/C15H16O9/c16-9(17)6-5-7-3-1-2-4-8(7)23-15-12(20)10(18)11(19)13(24-15)14(21)22/h1-6,10-13,15,18-20H,(H,16,17)(H,21,22)/t10-,11-,12+,13-,15+/m0/s1. The summed E-state index contributed by atoms with van der Waals surface area (Å²) in [6, 6.07) is 6.17. The lowest BCUT2D eigenvalue weighted by Gasteiger charge is -2.38. The van der Waals surface area contributed by atoms with E-state index in [0.717, 1.165) is 6.08 Å². The van der Waals surface area contributed by atoms with Gasteiger partial charge in [-0.3, -0.25) is 0 Å². The van der Waals surface area contributed by atoms with Crippen molar-refractivity contribution in [3.8, 4) is 5.75 Å². The van der Waals surface area contributed by atoms with Crippen LogP contribution >= 0.6 is 0 Å². The molecule has 130 valence electrons. The van der Waals surface area contributed by atoms with Crippen LogP contribution in [0.3, 0.4) is 0 Å². The molecule has 0 unspecified atom stereocenters. The van der Waals surface area contributed by atoms with Gasteiger partial charge in [0.25, 0.3) is 0 Å². The van der Waals surface area contributed by atoms with Gasteiger partial charge in [0, 0.05) is 11.6 Å². The second kappa shape index (κ2) is 7.41. The molecule has 0 saturated carbocycles. The van der Waals surface area contributed by atoms with Crippen LogP contribution in [-0.2, 0) is 14.3 Å². The molecule has 9 nitrogen and oxygen atoms in total. The van der Waals surface area contributed by atoms with Crippen molar-refractivity contribution in [2.45, 2.75) is 30.7 Å². The topological polar surface area (TPSA) is 154 Å². The van der Waals surface area contributed by atoms with Crippen molar-refractivity contribution in [2.75, 3.05) is 0 Å². The summed E-state index contributed by atoms with van der Waals surface area (Å²) in [4.78, 5) is 21.7. The number of aliphatic hydroxyl groups excluding tert-OH is 3. The Balaban J connectivity index is 2.23. The summed E-state index contributed by atoms with van der Waals surface area (Å²) >= 11 is 0. The smallest absolute Gasteiger partial charge is 0.335 e. The minimum absolute atomic E-state index is 0.103. The van der Waals surface area contributed by atoms with E-state index >= 15 is 0 Å². The normalized spacial score (nSPS) is 30.2. The van der Waals surface area contributed by atoms with Gasteiger partial charge >= 0.3 is 11.9 Å². The van der Waals surface area contributed by atoms with Crippen molar-refractivity contribution in [3.05, 3.63) is 35.9 Å². The van der Waals surface area contributed by atoms with Gasteiger partial charge in [-0.05, 0) is 12.1 Å². The van der Waals surface area contributed by atoms with Crippen LogP contribution in [0.5, 0.6) is 5.75 Å². The Hall–Kier alpha value is -2.46. The largest absolute Gasteiger partial charge is 0.479 e. The van der Waals surface area contributed by atoms with Crippen molar-refractivity contribution in [2.24, 2.45) is 0 Å². The number of ether oxygens (including phenoxy) is 2. The Bertz CT molecular complexity index is 642. The Morgan fingerprint density at radius 3 is 2.33 bits per heavy atom. The van der Waals surface area contributed by atoms with E-state index in [1.54, 1.807) is 12.1 Å². The van der Waals surface area contributed by atoms with Crippen molar-refractivity contribution in [1.29, 1.82) is 0 Å². The lowest BCUT2D eigenvalue weighted by molar-refractivity contribution is -0.271. The highest BCUT2D eigenvalue weighted by Crippen LogP contribution is 2.27. The van der Waals surface area contributed by atoms with Crippen molar-refractivity contribution in [3.63, 3.8) is 0 Å². The molecular formula is C15H16O9. The second-order valence-electron chi connectivity index (χ2n) is 5.06. The molecule has 5 atom stereocenters. The average molecular weight is 340 g/mol. The maximum Gasteiger partial charge on any atom is 0.335 e. The molecule has 0 aliphatic carbocycles. The van der Waals surface area contributed by atoms with Crippen LogP contribution in [0.2, 0.25) is 0 Å². The van der Waals surface area contributed by atoms with Crippen LogP contribution in [0.1, 0.15) is 5.56 Å². The van der Waals surface area contributed by atoms with E-state index in [4.69, 9.17) is 19.7 Å². The minimum atomic E-state index is -1.82. The molecule has 1 fully saturated rings. The van der Waals surface area contributed by atoms with E-state index in [1.807, 2.05) is 0 Å². The SMILES string of the molecule is O=C(O)C=Cc1ccccc1O[C@@H]1O[C@H](C(=O)O)[C@@H](O)[C@H](O)[C@H]1O. The Morgan fingerprint density at radius 1 is 1.04 bits per heavy atom. The van der Waals surface area contributed by atoms with Gasteiger partial charge in [-0.2, -0.15) is 0 Å². The number of carbonyl (C=O) groups is 2. The van der Waals surface area contributed by atoms with E-state index in [1.165, 1.54) is 18.2 Å². The summed E-state index contributed by atoms with van der Waals surface area (Å²) < 4.78 is 10.4. The molecule has 1 aliphatic rings. The van der Waals surface area contributed by atoms with E-state index in [2.05, 4.69) is 0 Å². The first-order valence-electron chi connectivity index (χ1n) is 6.90. The number of carboxylic acids is 2. The third-order valence-corrected chi connectivity index (χ3v) is 3.38. The molecule has 0 bridgehead atoms. The molecular weight excluding hydrogens is 324 g/mol. The summed E-state index contributed by atoms with van der Waals surface area (Å²) in [6.07, 6.45) is -6.54. The van der Waals surface area contributed by atoms with Crippen LogP contribution in [0, 0.1) is 0 Å². The summed E-state index contributed by atoms with van der Waals surface area (Å²) in [5.74, 6) is -2.60. The maximum atomic E-state index is 11.0. The number of carboxylic acid groups (broad SMARTS) is 2. The number of rotatable bonds is 5. The van der Waals surface area contributed by atoms with Crippen LogP contribution < -0.4 is 4.74 Å². The van der Waals surface area contributed by atoms with Crippen molar-refractivity contribution >= 4 is 18.0 Å². The van der Waals surface area contributed by atoms with Gasteiger partial charge in [0.15, 0.2) is 6.10 Å². The first kappa shape index (κ1) is 17.9. The quantitative estimate of drug-likeness (QED) is 0.427. The number of para-hydroxylation sites is 1. The van der Waals surface area contributed by atoms with E-state index in [-0.39, 0.29) is 5.75 Å². The van der Waals surface area contributed by atoms with Gasteiger partial charge in [0.2, 0.25) is 6.29 Å². The molecule has 1 aliphatic heterocycles. The Kier molecular flexibility index (Phi) is 5.52. The molecule has 1 aromatic rings. The summed E-state index contributed by atoms with van der Waals surface area (Å²) in [5.41, 5.74) is 0.336. The van der Waals surface area contributed by atoms with Crippen molar-refractivity contribution < 1.29 is 44.6 Å². The zero-order chi connectivity index (χ0) is 17.9. The number of hydrogen-bond acceptors (Lipinski definition) is 7. The molecule has 24 heavy (non-hydrogen) atoms. The molecule has 1 aromatic carbocycles. The van der Waals surface area contributed by atoms with Crippen LogP contribution in [0.15, 0.2) is 30.3 Å². The second-order valence-corrected chi connectivity index (χ2v) is 5.06. The first-order chi connectivity index (χ1) is 11.3. The fourth-order valence-corrected chi connectivity index (χ4v) is 2.16. The van der Waals surface area contributed by atoms with Gasteiger partial charge < -0.3 is 35.0 Å². The van der Waals surface area contributed by atoms with Gasteiger partial charge in [-0.25, -0.2) is 9.59 Å². The van der Waals surface area contributed by atoms with E-state index in [0.29, 0.717) is 5.56 Å². The predicted molar refractivity (Wildman–Crippen MR) is 78.1 cm³/mol. The predicted octanol–water partition coefficient (Wildman–Crippen LogP) is -0.945. The molecule has 0 amide bonds. The maximum absolute atomic E-state index is 11.0. The molecule has 2 rings (SSSR count). The lowest BCUT2D eigenvalue weighted by Crippen LogP contribution is -2.61. The number of aliphatic hydroxyl groups is 3. The molecule has 5 N–H and O–H groups in total. The van der Waals surface area contributed by atoms with Crippen molar-refractivity contribution in [1.82, 2.24) is 0 Å². The number of benzene rings is 1. The average Bonchev–Trinajstić information content (AvgIpc) is 2.54. The Morgan fingerprint density at radius 2 is 1.71 bits per heavy atom. The third-order valence-electron chi connectivity index (χ3n) is 3.38. The Labute approximate surface area is 136 Å². The van der Waals surface area contributed by atoms with Gasteiger partial charge in [-0.15, -0.1) is 0 Å². The third kappa shape index (κ3) is 3.89. The summed E-state index contributed by atoms with van der Waals surface area (Å²) in [7, 11) is 0. The highest BCUT2D eigenvalue weighted by atomic mass is 16.7. The lowest BCUT2D eigenvalue weighted by atomic mass is 9.99. The van der Waals surface area contributed by atoms with Gasteiger partial charge in [-0.1, -0.05) is 18.2 Å².